The number of ketones is 1. The van der Waals surface area contributed by atoms with Crippen molar-refractivity contribution in [2.75, 3.05) is 38.2 Å². The molecule has 1 aliphatic heterocycles. The molecular formula is C25H29FN2O4. The Morgan fingerprint density at radius 2 is 1.62 bits per heavy atom. The molecule has 1 amide bonds. The molecule has 0 aromatic heterocycles. The van der Waals surface area contributed by atoms with E-state index in [9.17, 15) is 14.0 Å². The van der Waals surface area contributed by atoms with Crippen LogP contribution in [0.4, 0.5) is 10.1 Å². The Morgan fingerprint density at radius 1 is 0.938 bits per heavy atom. The highest BCUT2D eigenvalue weighted by molar-refractivity contribution is 5.95. The Kier molecular flexibility index (Phi) is 6.63. The summed E-state index contributed by atoms with van der Waals surface area (Å²) in [4.78, 5) is 28.2. The quantitative estimate of drug-likeness (QED) is 0.626. The van der Waals surface area contributed by atoms with E-state index in [1.54, 1.807) is 36.3 Å². The first-order valence-corrected chi connectivity index (χ1v) is 11.2. The van der Waals surface area contributed by atoms with Crippen molar-refractivity contribution in [1.82, 2.24) is 4.90 Å². The van der Waals surface area contributed by atoms with Crippen LogP contribution in [0, 0.1) is 5.82 Å². The number of carbonyl (C=O) groups is 2. The molecule has 6 nitrogen and oxygen atoms in total. The van der Waals surface area contributed by atoms with Crippen molar-refractivity contribution in [3.05, 3.63) is 53.3 Å². The fourth-order valence-electron chi connectivity index (χ4n) is 4.40. The van der Waals surface area contributed by atoms with Gasteiger partial charge in [-0.1, -0.05) is 0 Å². The average molecular weight is 441 g/mol. The number of halogens is 1. The van der Waals surface area contributed by atoms with Crippen LogP contribution in [0.3, 0.4) is 0 Å². The SMILES string of the molecule is COc1cc(C(=O)N2CCN(c3ccc(C(C)=O)cc3F)CC2)ccc1OC1CCCC1. The number of piperazine rings is 1. The molecule has 2 aromatic rings. The number of carbonyl (C=O) groups excluding carboxylic acids is 2. The summed E-state index contributed by atoms with van der Waals surface area (Å²) in [7, 11) is 1.58. The van der Waals surface area contributed by atoms with Gasteiger partial charge in [0.2, 0.25) is 0 Å². The monoisotopic (exact) mass is 440 g/mol. The van der Waals surface area contributed by atoms with Crippen molar-refractivity contribution in [3.8, 4) is 11.5 Å². The van der Waals surface area contributed by atoms with Crippen LogP contribution in [0.1, 0.15) is 53.3 Å². The Hall–Kier alpha value is -3.09. The van der Waals surface area contributed by atoms with Crippen molar-refractivity contribution in [2.24, 2.45) is 0 Å². The lowest BCUT2D eigenvalue weighted by Crippen LogP contribution is -2.49. The third-order valence-electron chi connectivity index (χ3n) is 6.27. The van der Waals surface area contributed by atoms with Gasteiger partial charge in [-0.25, -0.2) is 4.39 Å². The fraction of sp³-hybridized carbons (Fsp3) is 0.440. The normalized spacial score (nSPS) is 16.8. The van der Waals surface area contributed by atoms with Gasteiger partial charge in [-0.15, -0.1) is 0 Å². The summed E-state index contributed by atoms with van der Waals surface area (Å²) in [5.41, 5.74) is 1.36. The van der Waals surface area contributed by atoms with Crippen LogP contribution in [-0.4, -0.2) is 56.0 Å². The number of hydrogen-bond donors (Lipinski definition) is 0. The minimum atomic E-state index is -0.417. The molecule has 1 saturated heterocycles. The van der Waals surface area contributed by atoms with Gasteiger partial charge in [0.15, 0.2) is 17.3 Å². The zero-order chi connectivity index (χ0) is 22.7. The lowest BCUT2D eigenvalue weighted by Gasteiger charge is -2.36. The summed E-state index contributed by atoms with van der Waals surface area (Å²) < 4.78 is 26.0. The molecule has 2 aliphatic rings. The number of ether oxygens (including phenoxy) is 2. The number of anilines is 1. The van der Waals surface area contributed by atoms with Crippen molar-refractivity contribution in [1.29, 1.82) is 0 Å². The lowest BCUT2D eigenvalue weighted by molar-refractivity contribution is 0.0746. The zero-order valence-corrected chi connectivity index (χ0v) is 18.6. The van der Waals surface area contributed by atoms with E-state index in [2.05, 4.69) is 0 Å². The molecule has 7 heteroatoms. The van der Waals surface area contributed by atoms with Gasteiger partial charge in [0.25, 0.3) is 5.91 Å². The average Bonchev–Trinajstić information content (AvgIpc) is 3.32. The molecule has 2 aromatic carbocycles. The predicted octanol–water partition coefficient (Wildman–Crippen LogP) is 4.32. The highest BCUT2D eigenvalue weighted by atomic mass is 19.1. The summed E-state index contributed by atoms with van der Waals surface area (Å²) >= 11 is 0. The summed E-state index contributed by atoms with van der Waals surface area (Å²) in [6, 6.07) is 9.88. The van der Waals surface area contributed by atoms with E-state index < -0.39 is 5.82 Å². The first-order valence-electron chi connectivity index (χ1n) is 11.2. The summed E-state index contributed by atoms with van der Waals surface area (Å²) in [5, 5.41) is 0. The van der Waals surface area contributed by atoms with Gasteiger partial charge in [0, 0.05) is 37.3 Å². The standard InChI is InChI=1S/C25H29FN2O4/c1-17(29)18-7-9-22(21(26)15-18)27-11-13-28(14-12-27)25(30)19-8-10-23(24(16-19)31-2)32-20-5-3-4-6-20/h7-10,15-16,20H,3-6,11-14H2,1-2H3. The van der Waals surface area contributed by atoms with Crippen LogP contribution in [0.5, 0.6) is 11.5 Å². The Bertz CT molecular complexity index is 995. The maximum absolute atomic E-state index is 14.5. The van der Waals surface area contributed by atoms with E-state index in [-0.39, 0.29) is 17.8 Å². The number of methoxy groups -OCH3 is 1. The molecule has 1 aliphatic carbocycles. The van der Waals surface area contributed by atoms with Crippen molar-refractivity contribution in [2.45, 2.75) is 38.7 Å². The molecule has 4 rings (SSSR count). The minimum absolute atomic E-state index is 0.0808. The molecule has 170 valence electrons. The van der Waals surface area contributed by atoms with E-state index in [1.165, 1.54) is 25.8 Å². The van der Waals surface area contributed by atoms with Gasteiger partial charge in [-0.05, 0) is 69.0 Å². The summed E-state index contributed by atoms with van der Waals surface area (Å²) in [5.74, 6) is 0.572. The molecule has 1 heterocycles. The van der Waals surface area contributed by atoms with E-state index in [0.717, 1.165) is 12.8 Å². The highest BCUT2D eigenvalue weighted by Gasteiger charge is 2.25. The van der Waals surface area contributed by atoms with E-state index in [0.29, 0.717) is 54.5 Å². The molecule has 2 fully saturated rings. The minimum Gasteiger partial charge on any atom is -0.493 e. The van der Waals surface area contributed by atoms with Crippen LogP contribution in [-0.2, 0) is 0 Å². The molecule has 0 bridgehead atoms. The summed E-state index contributed by atoms with van der Waals surface area (Å²) in [6.45, 7) is 3.41. The maximum atomic E-state index is 14.5. The van der Waals surface area contributed by atoms with Crippen LogP contribution in [0.25, 0.3) is 0 Å². The van der Waals surface area contributed by atoms with Gasteiger partial charge >= 0.3 is 0 Å². The third-order valence-corrected chi connectivity index (χ3v) is 6.27. The number of rotatable bonds is 6. The first kappa shape index (κ1) is 22.1. The number of hydrogen-bond acceptors (Lipinski definition) is 5. The first-order chi connectivity index (χ1) is 15.5. The largest absolute Gasteiger partial charge is 0.493 e. The smallest absolute Gasteiger partial charge is 0.254 e. The van der Waals surface area contributed by atoms with Gasteiger partial charge in [-0.2, -0.15) is 0 Å². The fourth-order valence-corrected chi connectivity index (χ4v) is 4.40. The Labute approximate surface area is 187 Å². The number of benzene rings is 2. The summed E-state index contributed by atoms with van der Waals surface area (Å²) in [6.07, 6.45) is 4.67. The molecule has 0 N–H and O–H groups in total. The maximum Gasteiger partial charge on any atom is 0.254 e. The van der Waals surface area contributed by atoms with E-state index in [4.69, 9.17) is 9.47 Å². The topological polar surface area (TPSA) is 59.1 Å². The zero-order valence-electron chi connectivity index (χ0n) is 18.6. The molecule has 0 radical (unpaired) electrons. The molecule has 32 heavy (non-hydrogen) atoms. The van der Waals surface area contributed by atoms with Crippen LogP contribution in [0.2, 0.25) is 0 Å². The number of nitrogens with zero attached hydrogens (tertiary/aromatic N) is 2. The van der Waals surface area contributed by atoms with E-state index >= 15 is 0 Å². The van der Waals surface area contributed by atoms with Crippen molar-refractivity contribution < 1.29 is 23.5 Å². The van der Waals surface area contributed by atoms with E-state index in [1.807, 2.05) is 11.0 Å². The Balaban J connectivity index is 1.40. The van der Waals surface area contributed by atoms with Crippen LogP contribution in [0.15, 0.2) is 36.4 Å². The van der Waals surface area contributed by atoms with Gasteiger partial charge in [-0.3, -0.25) is 9.59 Å². The Morgan fingerprint density at radius 3 is 2.25 bits per heavy atom. The van der Waals surface area contributed by atoms with Gasteiger partial charge in [0.05, 0.1) is 18.9 Å². The molecule has 1 saturated carbocycles. The number of Topliss-reactive ketones (excluding diaryl/α,β-unsaturated/α-hetero) is 1. The molecule has 0 spiro atoms. The molecule has 0 atom stereocenters. The second-order valence-electron chi connectivity index (χ2n) is 8.39. The lowest BCUT2D eigenvalue weighted by atomic mass is 10.1. The second kappa shape index (κ2) is 9.59. The third kappa shape index (κ3) is 4.71. The molecule has 0 unspecified atom stereocenters. The van der Waals surface area contributed by atoms with Crippen LogP contribution >= 0.6 is 0 Å². The predicted molar refractivity (Wildman–Crippen MR) is 120 cm³/mol. The second-order valence-corrected chi connectivity index (χ2v) is 8.39. The van der Waals surface area contributed by atoms with Crippen molar-refractivity contribution in [3.63, 3.8) is 0 Å². The van der Waals surface area contributed by atoms with Gasteiger partial charge < -0.3 is 19.3 Å². The van der Waals surface area contributed by atoms with Crippen molar-refractivity contribution >= 4 is 17.4 Å². The molecular weight excluding hydrogens is 411 g/mol. The highest BCUT2D eigenvalue weighted by Crippen LogP contribution is 2.33. The number of amides is 1. The van der Waals surface area contributed by atoms with Crippen LogP contribution < -0.4 is 14.4 Å². The van der Waals surface area contributed by atoms with Gasteiger partial charge in [0.1, 0.15) is 5.82 Å².